The largest absolute Gasteiger partial charge is 0.394 e. The van der Waals surface area contributed by atoms with Gasteiger partial charge in [-0.05, 0) is 12.8 Å². The van der Waals surface area contributed by atoms with Crippen molar-refractivity contribution in [3.63, 3.8) is 0 Å². The van der Waals surface area contributed by atoms with E-state index in [1.165, 1.54) is 0 Å². The molecule has 2 aliphatic heterocycles. The van der Waals surface area contributed by atoms with Crippen LogP contribution in [0.5, 0.6) is 0 Å². The zero-order valence-electron chi connectivity index (χ0n) is 16.8. The smallest absolute Gasteiger partial charge is 0.184 e. The fourth-order valence-corrected chi connectivity index (χ4v) is 4.80. The summed E-state index contributed by atoms with van der Waals surface area (Å²) < 4.78 is 17.2. The summed E-state index contributed by atoms with van der Waals surface area (Å²) in [6.07, 6.45) is -8.07. The molecule has 0 amide bonds. The molecule has 13 N–H and O–H groups in total. The van der Waals surface area contributed by atoms with E-state index in [0.717, 1.165) is 0 Å². The first-order valence-corrected chi connectivity index (χ1v) is 10.4. The van der Waals surface area contributed by atoms with Gasteiger partial charge in [0, 0.05) is 37.0 Å². The van der Waals surface area contributed by atoms with Crippen molar-refractivity contribution in [1.29, 1.82) is 0 Å². The lowest BCUT2D eigenvalue weighted by molar-refractivity contribution is -0.301. The van der Waals surface area contributed by atoms with Crippen molar-refractivity contribution in [3.05, 3.63) is 0 Å². The summed E-state index contributed by atoms with van der Waals surface area (Å²) >= 11 is 0. The lowest BCUT2D eigenvalue weighted by atomic mass is 9.72. The average Bonchev–Trinajstić information content (AvgIpc) is 2.68. The van der Waals surface area contributed by atoms with E-state index >= 15 is 0 Å². The first kappa shape index (κ1) is 24.2. The molecule has 176 valence electrons. The van der Waals surface area contributed by atoms with Crippen LogP contribution in [0.25, 0.3) is 0 Å². The van der Waals surface area contributed by atoms with E-state index in [9.17, 15) is 25.5 Å². The average molecular weight is 437 g/mol. The highest BCUT2D eigenvalue weighted by atomic mass is 16.7. The molecule has 30 heavy (non-hydrogen) atoms. The number of ether oxygens (including phenoxy) is 3. The Bertz CT molecular complexity index is 562. The Labute approximate surface area is 175 Å². The molecule has 3 rings (SSSR count). The standard InChI is InChI=1S/C18H36N4O8/c19-4-12-9(24)2-8(22)16(28-12)14-6(20)1-7(21)17(15(14)27)30-18-11(26)3-10(25)13(5-23)29-18/h6-18,23-27H,1-5,19-22H2/t6-,7+,8+,9-,10-,11+,12+,13+,14?,15-,16-,17-,18+/m0/s1. The van der Waals surface area contributed by atoms with Crippen LogP contribution in [0.4, 0.5) is 0 Å². The highest BCUT2D eigenvalue weighted by molar-refractivity contribution is 5.04. The number of hydrogen-bond donors (Lipinski definition) is 9. The predicted molar refractivity (Wildman–Crippen MR) is 104 cm³/mol. The molecule has 2 heterocycles. The van der Waals surface area contributed by atoms with Gasteiger partial charge in [-0.25, -0.2) is 0 Å². The minimum atomic E-state index is -1.19. The fourth-order valence-electron chi connectivity index (χ4n) is 4.80. The summed E-state index contributed by atoms with van der Waals surface area (Å²) in [6.45, 7) is -0.358. The molecule has 12 heteroatoms. The van der Waals surface area contributed by atoms with Gasteiger partial charge < -0.3 is 62.7 Å². The van der Waals surface area contributed by atoms with Crippen LogP contribution in [0.1, 0.15) is 19.3 Å². The Morgan fingerprint density at radius 2 is 1.47 bits per heavy atom. The Hall–Kier alpha value is -0.480. The first-order valence-electron chi connectivity index (χ1n) is 10.4. The summed E-state index contributed by atoms with van der Waals surface area (Å²) in [6, 6.07) is -1.77. The van der Waals surface area contributed by atoms with Gasteiger partial charge >= 0.3 is 0 Å². The lowest BCUT2D eigenvalue weighted by Crippen LogP contribution is -2.68. The minimum Gasteiger partial charge on any atom is -0.394 e. The Morgan fingerprint density at radius 1 is 0.800 bits per heavy atom. The van der Waals surface area contributed by atoms with E-state index in [1.807, 2.05) is 0 Å². The minimum absolute atomic E-state index is 0.0520. The molecular formula is C18H36N4O8. The van der Waals surface area contributed by atoms with Crippen LogP contribution in [0.3, 0.4) is 0 Å². The predicted octanol–water partition coefficient (Wildman–Crippen LogP) is -4.96. The third-order valence-corrected chi connectivity index (χ3v) is 6.51. The van der Waals surface area contributed by atoms with Gasteiger partial charge in [0.15, 0.2) is 6.29 Å². The summed E-state index contributed by atoms with van der Waals surface area (Å²) in [5.41, 5.74) is 24.3. The van der Waals surface area contributed by atoms with Crippen molar-refractivity contribution >= 4 is 0 Å². The van der Waals surface area contributed by atoms with Crippen LogP contribution in [0.15, 0.2) is 0 Å². The Morgan fingerprint density at radius 3 is 2.10 bits per heavy atom. The zero-order chi connectivity index (χ0) is 22.2. The number of rotatable bonds is 5. The molecule has 3 fully saturated rings. The fraction of sp³-hybridized carbons (Fsp3) is 1.00. The van der Waals surface area contributed by atoms with Gasteiger partial charge in [-0.3, -0.25) is 0 Å². The van der Waals surface area contributed by atoms with Gasteiger partial charge in [0.2, 0.25) is 0 Å². The van der Waals surface area contributed by atoms with E-state index < -0.39 is 85.8 Å². The van der Waals surface area contributed by atoms with Crippen LogP contribution < -0.4 is 22.9 Å². The molecule has 1 aliphatic carbocycles. The molecule has 0 aromatic carbocycles. The topological polar surface area (TPSA) is 233 Å². The summed E-state index contributed by atoms with van der Waals surface area (Å²) in [4.78, 5) is 0. The first-order chi connectivity index (χ1) is 14.2. The lowest BCUT2D eigenvalue weighted by Gasteiger charge is -2.50. The van der Waals surface area contributed by atoms with E-state index in [1.54, 1.807) is 0 Å². The molecule has 0 bridgehead atoms. The second kappa shape index (κ2) is 9.98. The van der Waals surface area contributed by atoms with Crippen molar-refractivity contribution in [1.82, 2.24) is 0 Å². The molecule has 0 aromatic heterocycles. The summed E-state index contributed by atoms with van der Waals surface area (Å²) in [5.74, 6) is -0.647. The van der Waals surface area contributed by atoms with Crippen molar-refractivity contribution in [2.24, 2.45) is 28.9 Å². The molecule has 0 radical (unpaired) electrons. The zero-order valence-corrected chi connectivity index (χ0v) is 16.8. The van der Waals surface area contributed by atoms with Crippen LogP contribution in [0, 0.1) is 5.92 Å². The maximum absolute atomic E-state index is 11.1. The third kappa shape index (κ3) is 4.80. The Kier molecular flexibility index (Phi) is 8.04. The molecule has 1 unspecified atom stereocenters. The third-order valence-electron chi connectivity index (χ3n) is 6.51. The van der Waals surface area contributed by atoms with Crippen LogP contribution in [0.2, 0.25) is 0 Å². The van der Waals surface area contributed by atoms with Gasteiger partial charge in [0.05, 0.1) is 37.1 Å². The van der Waals surface area contributed by atoms with Crippen LogP contribution >= 0.6 is 0 Å². The van der Waals surface area contributed by atoms with Crippen molar-refractivity contribution in [3.8, 4) is 0 Å². The quantitative estimate of drug-likeness (QED) is 0.197. The van der Waals surface area contributed by atoms with Gasteiger partial charge in [-0.15, -0.1) is 0 Å². The van der Waals surface area contributed by atoms with Crippen LogP contribution in [-0.4, -0.2) is 112 Å². The van der Waals surface area contributed by atoms with E-state index in [2.05, 4.69) is 0 Å². The second-order valence-electron chi connectivity index (χ2n) is 8.67. The molecular weight excluding hydrogens is 400 g/mol. The monoisotopic (exact) mass is 436 g/mol. The number of nitrogens with two attached hydrogens (primary N) is 4. The Balaban J connectivity index is 1.74. The second-order valence-corrected chi connectivity index (χ2v) is 8.67. The number of aliphatic hydroxyl groups is 5. The molecule has 0 aromatic rings. The van der Waals surface area contributed by atoms with Gasteiger partial charge in [0.25, 0.3) is 0 Å². The molecule has 0 spiro atoms. The van der Waals surface area contributed by atoms with Crippen molar-refractivity contribution in [2.75, 3.05) is 13.2 Å². The maximum Gasteiger partial charge on any atom is 0.184 e. The SMILES string of the molecule is NC[C@H]1O[C@H](C2[C@@H](N)C[C@@H](N)[C@H](O[C@H]3O[C@H](CO)[C@@H](O)C[C@H]3O)[C@H]2O)[C@H](N)C[C@@H]1O. The molecule has 12 nitrogen and oxygen atoms in total. The summed E-state index contributed by atoms with van der Waals surface area (Å²) in [5, 5.41) is 50.6. The molecule has 13 atom stereocenters. The van der Waals surface area contributed by atoms with Gasteiger partial charge in [0.1, 0.15) is 18.3 Å². The van der Waals surface area contributed by atoms with Crippen LogP contribution in [-0.2, 0) is 14.2 Å². The molecule has 2 saturated heterocycles. The van der Waals surface area contributed by atoms with Crippen molar-refractivity contribution in [2.45, 2.75) is 92.5 Å². The van der Waals surface area contributed by atoms with E-state index in [-0.39, 0.29) is 19.4 Å². The summed E-state index contributed by atoms with van der Waals surface area (Å²) in [7, 11) is 0. The maximum atomic E-state index is 11.1. The van der Waals surface area contributed by atoms with E-state index in [0.29, 0.717) is 6.42 Å². The van der Waals surface area contributed by atoms with Gasteiger partial charge in [-0.1, -0.05) is 0 Å². The molecule has 3 aliphatic rings. The normalized spacial score (nSPS) is 52.9. The number of aliphatic hydroxyl groups excluding tert-OH is 5. The molecule has 1 saturated carbocycles. The highest BCUT2D eigenvalue weighted by Crippen LogP contribution is 2.36. The van der Waals surface area contributed by atoms with E-state index in [4.69, 9.17) is 37.1 Å². The number of hydrogen-bond acceptors (Lipinski definition) is 12. The highest BCUT2D eigenvalue weighted by Gasteiger charge is 2.51. The van der Waals surface area contributed by atoms with Crippen molar-refractivity contribution < 1.29 is 39.7 Å². The van der Waals surface area contributed by atoms with Gasteiger partial charge in [-0.2, -0.15) is 0 Å².